The molecule has 3 rings (SSSR count). The molecule has 0 saturated heterocycles. The Kier molecular flexibility index (Phi) is 4.41. The summed E-state index contributed by atoms with van der Waals surface area (Å²) < 4.78 is 15.5. The summed E-state index contributed by atoms with van der Waals surface area (Å²) in [6, 6.07) is 4.30. The molecular formula is C17H14ClFN4O2. The molecule has 1 amide bonds. The van der Waals surface area contributed by atoms with Gasteiger partial charge in [0, 0.05) is 31.0 Å². The third-order valence-electron chi connectivity index (χ3n) is 3.75. The Morgan fingerprint density at radius 2 is 2.16 bits per heavy atom. The van der Waals surface area contributed by atoms with Gasteiger partial charge in [-0.15, -0.1) is 0 Å². The van der Waals surface area contributed by atoms with Crippen LogP contribution >= 0.6 is 11.6 Å². The van der Waals surface area contributed by atoms with Crippen molar-refractivity contribution in [1.29, 1.82) is 0 Å². The number of amides is 1. The number of halogens is 2. The SMILES string of the molecule is Cc1ncc(Cl)cc1NC(=O)/C=C/c1cc2[nH]c(=O)n(C)c2cc1F. The number of anilines is 1. The fourth-order valence-corrected chi connectivity index (χ4v) is 2.53. The number of hydrogen-bond donors (Lipinski definition) is 2. The Morgan fingerprint density at radius 1 is 1.40 bits per heavy atom. The maximum atomic E-state index is 14.2. The first-order chi connectivity index (χ1) is 11.8. The second-order valence-electron chi connectivity index (χ2n) is 5.49. The molecule has 0 spiro atoms. The zero-order valence-electron chi connectivity index (χ0n) is 13.4. The van der Waals surface area contributed by atoms with Crippen LogP contribution < -0.4 is 11.0 Å². The minimum atomic E-state index is -0.535. The summed E-state index contributed by atoms with van der Waals surface area (Å²) >= 11 is 5.85. The molecule has 0 bridgehead atoms. The van der Waals surface area contributed by atoms with Crippen LogP contribution in [0.1, 0.15) is 11.3 Å². The monoisotopic (exact) mass is 360 g/mol. The summed E-state index contributed by atoms with van der Waals surface area (Å²) in [5, 5.41) is 3.03. The summed E-state index contributed by atoms with van der Waals surface area (Å²) in [7, 11) is 1.55. The predicted molar refractivity (Wildman–Crippen MR) is 95.1 cm³/mol. The van der Waals surface area contributed by atoms with Gasteiger partial charge >= 0.3 is 5.69 Å². The Morgan fingerprint density at radius 3 is 2.92 bits per heavy atom. The highest BCUT2D eigenvalue weighted by atomic mass is 35.5. The van der Waals surface area contributed by atoms with Crippen LogP contribution in [-0.4, -0.2) is 20.4 Å². The van der Waals surface area contributed by atoms with Gasteiger partial charge in [-0.05, 0) is 25.1 Å². The van der Waals surface area contributed by atoms with E-state index in [4.69, 9.17) is 11.6 Å². The first kappa shape index (κ1) is 16.9. The molecule has 25 heavy (non-hydrogen) atoms. The first-order valence-corrected chi connectivity index (χ1v) is 7.72. The summed E-state index contributed by atoms with van der Waals surface area (Å²) in [6.45, 7) is 1.73. The van der Waals surface area contributed by atoms with Gasteiger partial charge in [0.15, 0.2) is 0 Å². The number of rotatable bonds is 3. The lowest BCUT2D eigenvalue weighted by molar-refractivity contribution is -0.111. The second kappa shape index (κ2) is 6.52. The van der Waals surface area contributed by atoms with E-state index in [1.165, 1.54) is 35.0 Å². The van der Waals surface area contributed by atoms with Gasteiger partial charge in [0.1, 0.15) is 5.82 Å². The Bertz CT molecular complexity index is 1070. The maximum absolute atomic E-state index is 14.2. The summed E-state index contributed by atoms with van der Waals surface area (Å²) in [6.07, 6.45) is 4.02. The molecule has 2 heterocycles. The van der Waals surface area contributed by atoms with Gasteiger partial charge < -0.3 is 10.3 Å². The molecule has 2 aromatic heterocycles. The molecule has 6 nitrogen and oxygen atoms in total. The molecule has 0 saturated carbocycles. The minimum absolute atomic E-state index is 0.186. The topological polar surface area (TPSA) is 79.8 Å². The number of aromatic nitrogens is 3. The van der Waals surface area contributed by atoms with E-state index in [0.717, 1.165) is 0 Å². The average Bonchev–Trinajstić information content (AvgIpc) is 2.83. The standard InChI is InChI=1S/C17H14ClFN4O2/c1-9-13(6-11(18)8-20-9)21-16(24)4-3-10-5-14-15(7-12(10)19)23(2)17(25)22-14/h3-8H,1-2H3,(H,21,24)(H,22,25)/b4-3+. The number of carbonyl (C=O) groups is 1. The van der Waals surface area contributed by atoms with Crippen molar-refractivity contribution in [1.82, 2.24) is 14.5 Å². The average molecular weight is 361 g/mol. The minimum Gasteiger partial charge on any atom is -0.321 e. The van der Waals surface area contributed by atoms with Gasteiger partial charge in [-0.1, -0.05) is 11.6 Å². The van der Waals surface area contributed by atoms with Crippen molar-refractivity contribution in [3.05, 3.63) is 63.1 Å². The van der Waals surface area contributed by atoms with Gasteiger partial charge in [0.25, 0.3) is 0 Å². The van der Waals surface area contributed by atoms with E-state index in [0.29, 0.717) is 27.4 Å². The number of carbonyl (C=O) groups excluding carboxylic acids is 1. The molecule has 1 aromatic carbocycles. The van der Waals surface area contributed by atoms with Crippen molar-refractivity contribution in [2.75, 3.05) is 5.32 Å². The third-order valence-corrected chi connectivity index (χ3v) is 3.95. The number of hydrogen-bond acceptors (Lipinski definition) is 3. The zero-order chi connectivity index (χ0) is 18.1. The molecule has 0 unspecified atom stereocenters. The van der Waals surface area contributed by atoms with Crippen molar-refractivity contribution in [3.8, 4) is 0 Å². The van der Waals surface area contributed by atoms with E-state index in [2.05, 4.69) is 15.3 Å². The van der Waals surface area contributed by atoms with Crippen molar-refractivity contribution >= 4 is 40.3 Å². The van der Waals surface area contributed by atoms with E-state index < -0.39 is 11.7 Å². The molecule has 0 atom stereocenters. The summed E-state index contributed by atoms with van der Waals surface area (Å²) in [4.78, 5) is 30.3. The van der Waals surface area contributed by atoms with Crippen molar-refractivity contribution in [2.45, 2.75) is 6.92 Å². The Hall–Kier alpha value is -2.93. The highest BCUT2D eigenvalue weighted by Gasteiger charge is 2.09. The van der Waals surface area contributed by atoms with Crippen LogP contribution in [0.15, 0.2) is 35.3 Å². The van der Waals surface area contributed by atoms with Crippen LogP contribution in [0.2, 0.25) is 5.02 Å². The Labute approximate surface area is 147 Å². The highest BCUT2D eigenvalue weighted by Crippen LogP contribution is 2.19. The van der Waals surface area contributed by atoms with Crippen LogP contribution in [0.5, 0.6) is 0 Å². The van der Waals surface area contributed by atoms with Crippen LogP contribution in [0.4, 0.5) is 10.1 Å². The molecule has 2 N–H and O–H groups in total. The Balaban J connectivity index is 1.85. The number of aromatic amines is 1. The molecule has 0 fully saturated rings. The number of benzene rings is 1. The lowest BCUT2D eigenvalue weighted by Gasteiger charge is -2.05. The van der Waals surface area contributed by atoms with Gasteiger partial charge in [-0.25, -0.2) is 9.18 Å². The molecule has 0 radical (unpaired) electrons. The number of imidazole rings is 1. The number of nitrogens with one attached hydrogen (secondary N) is 2. The lowest BCUT2D eigenvalue weighted by Crippen LogP contribution is -2.11. The van der Waals surface area contributed by atoms with Gasteiger partial charge in [0.2, 0.25) is 5.91 Å². The number of fused-ring (bicyclic) bond motifs is 1. The fourth-order valence-electron chi connectivity index (χ4n) is 2.37. The van der Waals surface area contributed by atoms with Crippen LogP contribution in [0.3, 0.4) is 0 Å². The van der Waals surface area contributed by atoms with Gasteiger partial charge in [-0.2, -0.15) is 0 Å². The second-order valence-corrected chi connectivity index (χ2v) is 5.93. The fraction of sp³-hybridized carbons (Fsp3) is 0.118. The molecule has 3 aromatic rings. The van der Waals surface area contributed by atoms with E-state index in [9.17, 15) is 14.0 Å². The first-order valence-electron chi connectivity index (χ1n) is 7.34. The molecule has 8 heteroatoms. The van der Waals surface area contributed by atoms with E-state index in [-0.39, 0.29) is 11.3 Å². The lowest BCUT2D eigenvalue weighted by atomic mass is 10.1. The molecule has 0 aliphatic rings. The predicted octanol–water partition coefficient (Wildman–Crippen LogP) is 3.01. The quantitative estimate of drug-likeness (QED) is 0.704. The molecule has 128 valence electrons. The largest absolute Gasteiger partial charge is 0.326 e. The molecule has 0 aliphatic carbocycles. The number of nitrogens with zero attached hydrogens (tertiary/aromatic N) is 2. The molecule has 0 aliphatic heterocycles. The van der Waals surface area contributed by atoms with Crippen LogP contribution in [0, 0.1) is 12.7 Å². The smallest absolute Gasteiger partial charge is 0.321 e. The third kappa shape index (κ3) is 3.46. The van der Waals surface area contributed by atoms with Crippen molar-refractivity contribution in [2.24, 2.45) is 7.05 Å². The van der Waals surface area contributed by atoms with Crippen molar-refractivity contribution < 1.29 is 9.18 Å². The number of pyridine rings is 1. The van der Waals surface area contributed by atoms with E-state index in [1.807, 2.05) is 0 Å². The number of H-pyrrole nitrogens is 1. The highest BCUT2D eigenvalue weighted by molar-refractivity contribution is 6.30. The summed E-state index contributed by atoms with van der Waals surface area (Å²) in [5.41, 5.74) is 1.88. The van der Waals surface area contributed by atoms with Crippen LogP contribution in [-0.2, 0) is 11.8 Å². The molecular weight excluding hydrogens is 347 g/mol. The summed E-state index contributed by atoms with van der Waals surface area (Å²) in [5.74, 6) is -0.986. The van der Waals surface area contributed by atoms with E-state index in [1.54, 1.807) is 20.0 Å². The normalized spacial score (nSPS) is 11.4. The van der Waals surface area contributed by atoms with Gasteiger partial charge in [0.05, 0.1) is 27.4 Å². The van der Waals surface area contributed by atoms with Crippen molar-refractivity contribution in [3.63, 3.8) is 0 Å². The van der Waals surface area contributed by atoms with Gasteiger partial charge in [-0.3, -0.25) is 14.3 Å². The van der Waals surface area contributed by atoms with Crippen LogP contribution in [0.25, 0.3) is 17.1 Å². The maximum Gasteiger partial charge on any atom is 0.326 e. The zero-order valence-corrected chi connectivity index (χ0v) is 14.2. The van der Waals surface area contributed by atoms with E-state index >= 15 is 0 Å². The number of aryl methyl sites for hydroxylation is 2.